The molecule has 0 amide bonds. The summed E-state index contributed by atoms with van der Waals surface area (Å²) in [4.78, 5) is 11.5. The second-order valence-electron chi connectivity index (χ2n) is 12.8. The maximum Gasteiger partial charge on any atom is 0.426 e. The van der Waals surface area contributed by atoms with Gasteiger partial charge in [0.15, 0.2) is 0 Å². The van der Waals surface area contributed by atoms with Gasteiger partial charge in [-0.15, -0.1) is 0 Å². The fourth-order valence-electron chi connectivity index (χ4n) is 8.60. The molecule has 3 saturated carbocycles. The average molecular weight is 551 g/mol. The minimum Gasteiger partial charge on any atom is -0.462 e. The topological polar surface area (TPSA) is 46.5 Å². The summed E-state index contributed by atoms with van der Waals surface area (Å²) in [5.74, 6) is 0.653. The van der Waals surface area contributed by atoms with Crippen molar-refractivity contribution in [2.24, 2.45) is 34.5 Å². The van der Waals surface area contributed by atoms with E-state index in [0.717, 1.165) is 44.9 Å². The summed E-state index contributed by atoms with van der Waals surface area (Å²) in [6.07, 6.45) is -2.27. The quantitative estimate of drug-likeness (QED) is 0.269. The van der Waals surface area contributed by atoms with E-state index in [2.05, 4.69) is 26.0 Å². The Morgan fingerprint density at radius 1 is 1.03 bits per heavy atom. The van der Waals surface area contributed by atoms with Crippen LogP contribution in [0.4, 0.5) is 26.3 Å². The molecule has 7 atom stereocenters. The van der Waals surface area contributed by atoms with E-state index in [1.165, 1.54) is 18.1 Å². The van der Waals surface area contributed by atoms with Crippen molar-refractivity contribution in [3.05, 3.63) is 23.3 Å². The monoisotopic (exact) mass is 550 g/mol. The van der Waals surface area contributed by atoms with Gasteiger partial charge in [-0.1, -0.05) is 50.5 Å². The molecular weight excluding hydrogens is 510 g/mol. The average Bonchev–Trinajstić information content (AvgIpc) is 3.14. The van der Waals surface area contributed by atoms with Gasteiger partial charge in [0, 0.05) is 13.3 Å². The lowest BCUT2D eigenvalue weighted by Gasteiger charge is -2.55. The second kappa shape index (κ2) is 9.84. The molecule has 4 aliphatic rings. The third-order valence-electron chi connectivity index (χ3n) is 10.8. The van der Waals surface area contributed by atoms with Gasteiger partial charge in [0.1, 0.15) is 6.10 Å². The van der Waals surface area contributed by atoms with Crippen LogP contribution >= 0.6 is 0 Å². The largest absolute Gasteiger partial charge is 0.462 e. The van der Waals surface area contributed by atoms with Crippen molar-refractivity contribution in [2.75, 3.05) is 0 Å². The van der Waals surface area contributed by atoms with E-state index in [4.69, 9.17) is 4.74 Å². The second-order valence-corrected chi connectivity index (χ2v) is 12.8. The van der Waals surface area contributed by atoms with Crippen LogP contribution in [0.1, 0.15) is 91.9 Å². The number of hydrogen-bond donors (Lipinski definition) is 1. The lowest BCUT2D eigenvalue weighted by molar-refractivity contribution is -0.370. The normalized spacial score (nSPS) is 36.4. The van der Waals surface area contributed by atoms with Crippen LogP contribution in [0, 0.1) is 34.5 Å². The summed E-state index contributed by atoms with van der Waals surface area (Å²) in [5.41, 5.74) is -1.93. The minimum absolute atomic E-state index is 0.0193. The van der Waals surface area contributed by atoms with Crippen molar-refractivity contribution in [2.45, 2.75) is 116 Å². The van der Waals surface area contributed by atoms with E-state index in [9.17, 15) is 36.2 Å². The SMILES string of the molecule is CC(=O)O[C@H]1CC[C@@]2(C)C(=CC=C3[C@@H]4CC[C@H]([C@H](C)CCCC(O)(C(F)(F)F)C(F)(F)F)[C@@]4(C)CC[C@@H]32)C1. The first-order valence-electron chi connectivity index (χ1n) is 13.9. The molecule has 0 heterocycles. The molecule has 1 N–H and O–H groups in total. The zero-order valence-corrected chi connectivity index (χ0v) is 22.6. The van der Waals surface area contributed by atoms with Crippen LogP contribution in [0.3, 0.4) is 0 Å². The van der Waals surface area contributed by atoms with Crippen molar-refractivity contribution in [1.82, 2.24) is 0 Å². The summed E-state index contributed by atoms with van der Waals surface area (Å²) in [5, 5.41) is 9.52. The number of aliphatic hydroxyl groups is 1. The maximum atomic E-state index is 13.1. The van der Waals surface area contributed by atoms with E-state index in [0.29, 0.717) is 11.8 Å². The summed E-state index contributed by atoms with van der Waals surface area (Å²) in [7, 11) is 0. The van der Waals surface area contributed by atoms with Crippen LogP contribution in [0.15, 0.2) is 23.3 Å². The van der Waals surface area contributed by atoms with E-state index < -0.39 is 24.4 Å². The lowest BCUT2D eigenvalue weighted by atomic mass is 9.50. The molecule has 216 valence electrons. The summed E-state index contributed by atoms with van der Waals surface area (Å²) in [6, 6.07) is 0. The molecule has 0 bridgehead atoms. The van der Waals surface area contributed by atoms with Crippen LogP contribution < -0.4 is 0 Å². The Bertz CT molecular complexity index is 968. The number of allylic oxidation sites excluding steroid dienone is 3. The van der Waals surface area contributed by atoms with Crippen LogP contribution in [0.25, 0.3) is 0 Å². The van der Waals surface area contributed by atoms with Gasteiger partial charge < -0.3 is 9.84 Å². The van der Waals surface area contributed by atoms with Gasteiger partial charge in [0.05, 0.1) is 0 Å². The number of alkyl halides is 6. The third-order valence-corrected chi connectivity index (χ3v) is 10.8. The number of halogens is 6. The summed E-state index contributed by atoms with van der Waals surface area (Å²) < 4.78 is 84.0. The number of rotatable bonds is 6. The standard InChI is InChI=1S/C29H40F6O3/c1-17(6-5-13-27(37,28(30,31)32)29(33,34)35)22-9-10-23-21-8-7-19-16-20(38-18(2)36)11-14-25(19,3)24(21)12-15-26(22,23)4/h7-8,17,20,22-24,37H,5-6,9-16H2,1-4H3/t17-,20+,22-,23+,24+,25+,26-/m1/s1. The zero-order chi connectivity index (χ0) is 28.3. The molecule has 0 unspecified atom stereocenters. The molecule has 0 aromatic heterocycles. The Morgan fingerprint density at radius 3 is 2.29 bits per heavy atom. The van der Waals surface area contributed by atoms with Gasteiger partial charge in [-0.05, 0) is 85.9 Å². The molecule has 4 aliphatic carbocycles. The number of ether oxygens (including phenoxy) is 1. The van der Waals surface area contributed by atoms with Gasteiger partial charge in [-0.25, -0.2) is 0 Å². The lowest BCUT2D eigenvalue weighted by Crippen LogP contribution is -2.56. The highest BCUT2D eigenvalue weighted by molar-refractivity contribution is 5.66. The van der Waals surface area contributed by atoms with Gasteiger partial charge in [0.25, 0.3) is 5.60 Å². The Hall–Kier alpha value is -1.51. The minimum atomic E-state index is -5.76. The molecule has 0 aromatic carbocycles. The summed E-state index contributed by atoms with van der Waals surface area (Å²) in [6.45, 7) is 7.95. The van der Waals surface area contributed by atoms with Gasteiger partial charge >= 0.3 is 18.3 Å². The number of hydrogen-bond acceptors (Lipinski definition) is 3. The molecule has 0 aromatic rings. The zero-order valence-electron chi connectivity index (χ0n) is 22.6. The molecule has 0 spiro atoms. The van der Waals surface area contributed by atoms with E-state index in [1.54, 1.807) is 0 Å². The fraction of sp³-hybridized carbons (Fsp3) is 0.828. The maximum absolute atomic E-state index is 13.1. The van der Waals surface area contributed by atoms with Crippen LogP contribution in [0.2, 0.25) is 0 Å². The molecule has 4 rings (SSSR count). The summed E-state index contributed by atoms with van der Waals surface area (Å²) >= 11 is 0. The molecule has 0 radical (unpaired) electrons. The first-order valence-corrected chi connectivity index (χ1v) is 13.9. The van der Waals surface area contributed by atoms with Crippen molar-refractivity contribution in [3.63, 3.8) is 0 Å². The van der Waals surface area contributed by atoms with Crippen molar-refractivity contribution in [1.29, 1.82) is 0 Å². The van der Waals surface area contributed by atoms with Crippen LogP contribution in [0.5, 0.6) is 0 Å². The van der Waals surface area contributed by atoms with E-state index >= 15 is 0 Å². The molecule has 0 saturated heterocycles. The Morgan fingerprint density at radius 2 is 1.68 bits per heavy atom. The van der Waals surface area contributed by atoms with Gasteiger partial charge in [0.2, 0.25) is 0 Å². The third kappa shape index (κ3) is 4.83. The highest BCUT2D eigenvalue weighted by atomic mass is 19.4. The number of carbonyl (C=O) groups is 1. The van der Waals surface area contributed by atoms with E-state index in [-0.39, 0.29) is 47.6 Å². The number of esters is 1. The molecule has 3 nitrogen and oxygen atoms in total. The molecule has 38 heavy (non-hydrogen) atoms. The number of fused-ring (bicyclic) bond motifs is 5. The highest BCUT2D eigenvalue weighted by Gasteiger charge is 2.69. The molecule has 0 aliphatic heterocycles. The Kier molecular flexibility index (Phi) is 7.63. The van der Waals surface area contributed by atoms with E-state index in [1.807, 2.05) is 6.92 Å². The first-order chi connectivity index (χ1) is 17.4. The smallest absolute Gasteiger partial charge is 0.426 e. The van der Waals surface area contributed by atoms with Crippen LogP contribution in [-0.4, -0.2) is 35.1 Å². The predicted octanol–water partition coefficient (Wildman–Crippen LogP) is 8.08. The van der Waals surface area contributed by atoms with Crippen molar-refractivity contribution < 1.29 is 41.0 Å². The fourth-order valence-corrected chi connectivity index (χ4v) is 8.60. The molecular formula is C29H40F6O3. The Balaban J connectivity index is 1.46. The highest BCUT2D eigenvalue weighted by Crippen LogP contribution is 2.66. The van der Waals surface area contributed by atoms with Crippen molar-refractivity contribution in [3.8, 4) is 0 Å². The molecule has 9 heteroatoms. The van der Waals surface area contributed by atoms with Crippen molar-refractivity contribution >= 4 is 5.97 Å². The van der Waals surface area contributed by atoms with Gasteiger partial charge in [-0.2, -0.15) is 26.3 Å². The van der Waals surface area contributed by atoms with Crippen LogP contribution in [-0.2, 0) is 9.53 Å². The predicted molar refractivity (Wildman–Crippen MR) is 131 cm³/mol. The number of carbonyl (C=O) groups excluding carboxylic acids is 1. The molecule has 3 fully saturated rings. The first kappa shape index (κ1) is 29.5. The Labute approximate surface area is 221 Å². The van der Waals surface area contributed by atoms with Gasteiger partial charge in [-0.3, -0.25) is 4.79 Å².